The highest BCUT2D eigenvalue weighted by Crippen LogP contribution is 2.31. The van der Waals surface area contributed by atoms with Crippen molar-refractivity contribution >= 4 is 5.69 Å². The van der Waals surface area contributed by atoms with Crippen molar-refractivity contribution in [3.05, 3.63) is 29.6 Å². The predicted octanol–water partition coefficient (Wildman–Crippen LogP) is 3.34. The number of nitrogens with two attached hydrogens (primary N) is 1. The van der Waals surface area contributed by atoms with E-state index in [-0.39, 0.29) is 5.82 Å². The van der Waals surface area contributed by atoms with Crippen LogP contribution >= 0.6 is 0 Å². The minimum Gasteiger partial charge on any atom is -0.371 e. The highest BCUT2D eigenvalue weighted by molar-refractivity contribution is 5.58. The van der Waals surface area contributed by atoms with E-state index < -0.39 is 0 Å². The summed E-state index contributed by atoms with van der Waals surface area (Å²) in [5.74, 6) is -0.130. The van der Waals surface area contributed by atoms with E-state index in [1.807, 2.05) is 6.07 Å². The molecule has 2 N–H and O–H groups in total. The van der Waals surface area contributed by atoms with Crippen LogP contribution in [0.15, 0.2) is 18.2 Å². The monoisotopic (exact) mass is 264 g/mol. The largest absolute Gasteiger partial charge is 0.371 e. The summed E-state index contributed by atoms with van der Waals surface area (Å²) in [4.78, 5) is 2.32. The SMILES string of the molecule is CC(C)(CCN)CCCN1CCc2ccc(F)cc21. The molecule has 1 aliphatic rings. The van der Waals surface area contributed by atoms with Crippen LogP contribution in [0.3, 0.4) is 0 Å². The zero-order valence-electron chi connectivity index (χ0n) is 12.1. The molecule has 1 aromatic carbocycles. The van der Waals surface area contributed by atoms with Crippen molar-refractivity contribution in [2.24, 2.45) is 11.1 Å². The van der Waals surface area contributed by atoms with Gasteiger partial charge in [0.05, 0.1) is 0 Å². The summed E-state index contributed by atoms with van der Waals surface area (Å²) in [6.45, 7) is 7.35. The molecule has 1 aromatic rings. The molecule has 0 amide bonds. The summed E-state index contributed by atoms with van der Waals surface area (Å²) in [5, 5.41) is 0. The van der Waals surface area contributed by atoms with Crippen LogP contribution in [0.2, 0.25) is 0 Å². The van der Waals surface area contributed by atoms with Gasteiger partial charge in [-0.2, -0.15) is 0 Å². The van der Waals surface area contributed by atoms with E-state index in [0.29, 0.717) is 5.41 Å². The highest BCUT2D eigenvalue weighted by Gasteiger charge is 2.21. The van der Waals surface area contributed by atoms with E-state index in [0.717, 1.165) is 44.6 Å². The molecule has 0 atom stereocenters. The molecule has 0 saturated carbocycles. The van der Waals surface area contributed by atoms with E-state index in [4.69, 9.17) is 5.73 Å². The smallest absolute Gasteiger partial charge is 0.125 e. The van der Waals surface area contributed by atoms with E-state index in [2.05, 4.69) is 18.7 Å². The van der Waals surface area contributed by atoms with Crippen LogP contribution in [0.5, 0.6) is 0 Å². The third kappa shape index (κ3) is 3.69. The van der Waals surface area contributed by atoms with Gasteiger partial charge < -0.3 is 10.6 Å². The Kier molecular flexibility index (Phi) is 4.46. The van der Waals surface area contributed by atoms with Crippen molar-refractivity contribution in [2.45, 2.75) is 39.5 Å². The summed E-state index contributed by atoms with van der Waals surface area (Å²) in [5.41, 5.74) is 8.33. The third-order valence-electron chi connectivity index (χ3n) is 4.14. The fourth-order valence-electron chi connectivity index (χ4n) is 2.92. The molecular formula is C16H25FN2. The number of benzene rings is 1. The molecule has 19 heavy (non-hydrogen) atoms. The van der Waals surface area contributed by atoms with E-state index in [9.17, 15) is 4.39 Å². The maximum atomic E-state index is 13.3. The molecular weight excluding hydrogens is 239 g/mol. The minimum atomic E-state index is -0.130. The normalized spacial score (nSPS) is 14.8. The zero-order chi connectivity index (χ0) is 13.9. The predicted molar refractivity (Wildman–Crippen MR) is 79.0 cm³/mol. The Bertz CT molecular complexity index is 429. The first-order valence-corrected chi connectivity index (χ1v) is 7.25. The lowest BCUT2D eigenvalue weighted by Crippen LogP contribution is -2.24. The van der Waals surface area contributed by atoms with Gasteiger partial charge in [0, 0.05) is 18.8 Å². The first kappa shape index (κ1) is 14.3. The van der Waals surface area contributed by atoms with Crippen molar-refractivity contribution in [3.63, 3.8) is 0 Å². The zero-order valence-corrected chi connectivity index (χ0v) is 12.1. The van der Waals surface area contributed by atoms with Crippen LogP contribution in [-0.2, 0) is 6.42 Å². The summed E-state index contributed by atoms with van der Waals surface area (Å²) in [6, 6.07) is 5.16. The molecule has 1 aliphatic heterocycles. The first-order chi connectivity index (χ1) is 9.02. The lowest BCUT2D eigenvalue weighted by molar-refractivity contribution is 0.305. The van der Waals surface area contributed by atoms with Gasteiger partial charge in [0.15, 0.2) is 0 Å². The van der Waals surface area contributed by atoms with Gasteiger partial charge in [-0.1, -0.05) is 19.9 Å². The molecule has 0 aromatic heterocycles. The summed E-state index contributed by atoms with van der Waals surface area (Å²) in [6.07, 6.45) is 4.42. The van der Waals surface area contributed by atoms with Crippen LogP contribution in [0.25, 0.3) is 0 Å². The molecule has 1 heterocycles. The van der Waals surface area contributed by atoms with Gasteiger partial charge in [-0.25, -0.2) is 4.39 Å². The van der Waals surface area contributed by atoms with E-state index in [1.54, 1.807) is 12.1 Å². The molecule has 0 saturated heterocycles. The molecule has 0 aliphatic carbocycles. The number of hydrogen-bond acceptors (Lipinski definition) is 2. The van der Waals surface area contributed by atoms with E-state index >= 15 is 0 Å². The summed E-state index contributed by atoms with van der Waals surface area (Å²) in [7, 11) is 0. The topological polar surface area (TPSA) is 29.3 Å². The van der Waals surface area contributed by atoms with Crippen molar-refractivity contribution < 1.29 is 4.39 Å². The Morgan fingerprint density at radius 1 is 1.32 bits per heavy atom. The molecule has 0 fully saturated rings. The maximum absolute atomic E-state index is 13.3. The van der Waals surface area contributed by atoms with Gasteiger partial charge in [-0.15, -0.1) is 0 Å². The molecule has 2 nitrogen and oxygen atoms in total. The Morgan fingerprint density at radius 2 is 2.11 bits per heavy atom. The Hall–Kier alpha value is -1.09. The summed E-state index contributed by atoms with van der Waals surface area (Å²) >= 11 is 0. The van der Waals surface area contributed by atoms with Crippen LogP contribution in [0, 0.1) is 11.2 Å². The second kappa shape index (κ2) is 5.91. The van der Waals surface area contributed by atoms with Gasteiger partial charge in [0.2, 0.25) is 0 Å². The first-order valence-electron chi connectivity index (χ1n) is 7.25. The van der Waals surface area contributed by atoms with Gasteiger partial charge in [0.1, 0.15) is 5.82 Å². The van der Waals surface area contributed by atoms with Gasteiger partial charge >= 0.3 is 0 Å². The summed E-state index contributed by atoms with van der Waals surface area (Å²) < 4.78 is 13.3. The van der Waals surface area contributed by atoms with E-state index in [1.165, 1.54) is 12.0 Å². The molecule has 0 radical (unpaired) electrons. The van der Waals surface area contributed by atoms with Gasteiger partial charge in [-0.05, 0) is 55.3 Å². The van der Waals surface area contributed by atoms with Crippen molar-refractivity contribution in [1.82, 2.24) is 0 Å². The molecule has 106 valence electrons. The standard InChI is InChI=1S/C16H25FN2/c1-16(2,8-9-18)7-3-10-19-11-6-13-4-5-14(17)12-15(13)19/h4-5,12H,3,6-11,18H2,1-2H3. The van der Waals surface area contributed by atoms with Gasteiger partial charge in [0.25, 0.3) is 0 Å². The highest BCUT2D eigenvalue weighted by atomic mass is 19.1. The molecule has 0 bridgehead atoms. The molecule has 0 unspecified atom stereocenters. The Morgan fingerprint density at radius 3 is 2.84 bits per heavy atom. The number of hydrogen-bond donors (Lipinski definition) is 1. The Balaban J connectivity index is 1.88. The second-order valence-corrected chi connectivity index (χ2v) is 6.32. The van der Waals surface area contributed by atoms with Crippen LogP contribution in [0.4, 0.5) is 10.1 Å². The Labute approximate surface area is 115 Å². The van der Waals surface area contributed by atoms with Crippen molar-refractivity contribution in [3.8, 4) is 0 Å². The van der Waals surface area contributed by atoms with Crippen LogP contribution in [0.1, 0.15) is 38.7 Å². The second-order valence-electron chi connectivity index (χ2n) is 6.32. The third-order valence-corrected chi connectivity index (χ3v) is 4.14. The minimum absolute atomic E-state index is 0.130. The van der Waals surface area contributed by atoms with Crippen LogP contribution in [-0.4, -0.2) is 19.6 Å². The fraction of sp³-hybridized carbons (Fsp3) is 0.625. The van der Waals surface area contributed by atoms with Gasteiger partial charge in [-0.3, -0.25) is 0 Å². The lowest BCUT2D eigenvalue weighted by atomic mass is 9.84. The maximum Gasteiger partial charge on any atom is 0.125 e. The molecule has 0 spiro atoms. The lowest BCUT2D eigenvalue weighted by Gasteiger charge is -2.26. The molecule has 3 heteroatoms. The average molecular weight is 264 g/mol. The fourth-order valence-corrected chi connectivity index (χ4v) is 2.92. The molecule has 2 rings (SSSR count). The quantitative estimate of drug-likeness (QED) is 0.854. The average Bonchev–Trinajstić information content (AvgIpc) is 2.71. The number of nitrogens with zero attached hydrogens (tertiary/aromatic N) is 1. The number of fused-ring (bicyclic) bond motifs is 1. The van der Waals surface area contributed by atoms with Crippen LogP contribution < -0.4 is 10.6 Å². The number of anilines is 1. The number of rotatable bonds is 6. The van der Waals surface area contributed by atoms with Crippen molar-refractivity contribution in [1.29, 1.82) is 0 Å². The van der Waals surface area contributed by atoms with Crippen molar-refractivity contribution in [2.75, 3.05) is 24.5 Å². The number of halogens is 1.